The summed E-state index contributed by atoms with van der Waals surface area (Å²) in [5, 5.41) is 8.68. The molecular weight excluding hydrogens is 312 g/mol. The minimum absolute atomic E-state index is 0.0291. The Balaban J connectivity index is 1.46. The Morgan fingerprint density at radius 1 is 1.30 bits per heavy atom. The van der Waals surface area contributed by atoms with Crippen LogP contribution in [0.3, 0.4) is 0 Å². The van der Waals surface area contributed by atoms with E-state index in [-0.39, 0.29) is 12.5 Å². The van der Waals surface area contributed by atoms with Crippen LogP contribution in [-0.4, -0.2) is 17.7 Å². The SMILES string of the molecule is Cc1ccc(OCC(=O)NCc2cc(-c3cccs3)on2)cc1. The lowest BCUT2D eigenvalue weighted by atomic mass is 10.2. The van der Waals surface area contributed by atoms with Crippen LogP contribution in [0.4, 0.5) is 0 Å². The Morgan fingerprint density at radius 2 is 2.13 bits per heavy atom. The van der Waals surface area contributed by atoms with E-state index in [2.05, 4.69) is 10.5 Å². The van der Waals surface area contributed by atoms with E-state index in [1.54, 1.807) is 11.3 Å². The van der Waals surface area contributed by atoms with Crippen LogP contribution < -0.4 is 10.1 Å². The average Bonchev–Trinajstić information content (AvgIpc) is 3.23. The molecule has 0 saturated carbocycles. The second kappa shape index (κ2) is 7.11. The maximum absolute atomic E-state index is 11.8. The molecule has 23 heavy (non-hydrogen) atoms. The van der Waals surface area contributed by atoms with Gasteiger partial charge in [0.1, 0.15) is 11.4 Å². The fourth-order valence-corrected chi connectivity index (χ4v) is 2.63. The van der Waals surface area contributed by atoms with Crippen molar-refractivity contribution in [3.8, 4) is 16.4 Å². The molecule has 0 aliphatic rings. The topological polar surface area (TPSA) is 64.4 Å². The Kier molecular flexibility index (Phi) is 4.73. The number of carbonyl (C=O) groups excluding carboxylic acids is 1. The molecule has 0 fully saturated rings. The average molecular weight is 328 g/mol. The molecule has 0 saturated heterocycles. The highest BCUT2D eigenvalue weighted by molar-refractivity contribution is 7.13. The van der Waals surface area contributed by atoms with E-state index in [0.717, 1.165) is 10.4 Å². The number of thiophene rings is 1. The van der Waals surface area contributed by atoms with Crippen LogP contribution in [0.15, 0.2) is 52.4 Å². The third-order valence-corrected chi connectivity index (χ3v) is 4.06. The Bertz CT molecular complexity index is 764. The van der Waals surface area contributed by atoms with E-state index >= 15 is 0 Å². The molecule has 0 radical (unpaired) electrons. The van der Waals surface area contributed by atoms with Crippen LogP contribution in [-0.2, 0) is 11.3 Å². The fourth-order valence-electron chi connectivity index (χ4n) is 1.95. The van der Waals surface area contributed by atoms with Gasteiger partial charge in [0.25, 0.3) is 5.91 Å². The number of amides is 1. The van der Waals surface area contributed by atoms with Gasteiger partial charge in [-0.15, -0.1) is 11.3 Å². The molecule has 0 aliphatic heterocycles. The van der Waals surface area contributed by atoms with Gasteiger partial charge in [0, 0.05) is 6.07 Å². The van der Waals surface area contributed by atoms with Crippen LogP contribution in [0.5, 0.6) is 5.75 Å². The predicted molar refractivity (Wildman–Crippen MR) is 88.3 cm³/mol. The smallest absolute Gasteiger partial charge is 0.258 e. The highest BCUT2D eigenvalue weighted by Crippen LogP contribution is 2.24. The first-order valence-electron chi connectivity index (χ1n) is 7.16. The number of aryl methyl sites for hydroxylation is 1. The first-order chi connectivity index (χ1) is 11.2. The van der Waals surface area contributed by atoms with Crippen molar-refractivity contribution < 1.29 is 14.1 Å². The standard InChI is InChI=1S/C17H16N2O3S/c1-12-4-6-14(7-5-12)21-11-17(20)18-10-13-9-15(22-19-13)16-3-2-8-23-16/h2-9H,10-11H2,1H3,(H,18,20). The van der Waals surface area contributed by atoms with Gasteiger partial charge in [-0.3, -0.25) is 4.79 Å². The minimum Gasteiger partial charge on any atom is -0.484 e. The molecule has 0 spiro atoms. The summed E-state index contributed by atoms with van der Waals surface area (Å²) in [6.45, 7) is 2.28. The molecule has 0 unspecified atom stereocenters. The highest BCUT2D eigenvalue weighted by atomic mass is 32.1. The summed E-state index contributed by atoms with van der Waals surface area (Å²) in [5.41, 5.74) is 1.83. The molecule has 5 nitrogen and oxygen atoms in total. The van der Waals surface area contributed by atoms with Crippen molar-refractivity contribution >= 4 is 17.2 Å². The molecule has 0 atom stereocenters. The number of hydrogen-bond acceptors (Lipinski definition) is 5. The monoisotopic (exact) mass is 328 g/mol. The van der Waals surface area contributed by atoms with Gasteiger partial charge in [0.05, 0.1) is 11.4 Å². The number of nitrogens with one attached hydrogen (secondary N) is 1. The van der Waals surface area contributed by atoms with E-state index in [0.29, 0.717) is 23.7 Å². The number of carbonyl (C=O) groups is 1. The first kappa shape index (κ1) is 15.3. The molecule has 2 heterocycles. The summed E-state index contributed by atoms with van der Waals surface area (Å²) in [6.07, 6.45) is 0. The maximum Gasteiger partial charge on any atom is 0.258 e. The Hall–Kier alpha value is -2.60. The maximum atomic E-state index is 11.8. The second-order valence-electron chi connectivity index (χ2n) is 5.04. The van der Waals surface area contributed by atoms with Gasteiger partial charge in [-0.2, -0.15) is 0 Å². The molecule has 3 aromatic rings. The summed E-state index contributed by atoms with van der Waals surface area (Å²) in [7, 11) is 0. The molecule has 3 rings (SSSR count). The molecule has 1 amide bonds. The third-order valence-electron chi connectivity index (χ3n) is 3.18. The first-order valence-corrected chi connectivity index (χ1v) is 8.04. The van der Waals surface area contributed by atoms with E-state index in [4.69, 9.17) is 9.26 Å². The fraction of sp³-hybridized carbons (Fsp3) is 0.176. The van der Waals surface area contributed by atoms with Gasteiger partial charge in [0.15, 0.2) is 12.4 Å². The predicted octanol–water partition coefficient (Wildman–Crippen LogP) is 3.41. The normalized spacial score (nSPS) is 10.5. The van der Waals surface area contributed by atoms with E-state index in [1.165, 1.54) is 0 Å². The number of nitrogens with zero attached hydrogens (tertiary/aromatic N) is 1. The lowest BCUT2D eigenvalue weighted by Crippen LogP contribution is -2.28. The summed E-state index contributed by atoms with van der Waals surface area (Å²) in [6, 6.07) is 13.3. The minimum atomic E-state index is -0.203. The number of ether oxygens (including phenoxy) is 1. The van der Waals surface area contributed by atoms with Crippen LogP contribution in [0.2, 0.25) is 0 Å². The molecule has 2 aromatic heterocycles. The zero-order chi connectivity index (χ0) is 16.1. The largest absolute Gasteiger partial charge is 0.484 e. The van der Waals surface area contributed by atoms with Gasteiger partial charge in [0.2, 0.25) is 0 Å². The zero-order valence-electron chi connectivity index (χ0n) is 12.6. The van der Waals surface area contributed by atoms with Crippen LogP contribution in [0, 0.1) is 6.92 Å². The lowest BCUT2D eigenvalue weighted by molar-refractivity contribution is -0.123. The molecule has 0 bridgehead atoms. The van der Waals surface area contributed by atoms with E-state index in [9.17, 15) is 4.79 Å². The van der Waals surface area contributed by atoms with Crippen molar-refractivity contribution in [2.24, 2.45) is 0 Å². The van der Waals surface area contributed by atoms with Gasteiger partial charge in [-0.1, -0.05) is 28.9 Å². The van der Waals surface area contributed by atoms with E-state index in [1.807, 2.05) is 54.8 Å². The molecular formula is C17H16N2O3S. The quantitative estimate of drug-likeness (QED) is 0.753. The summed E-state index contributed by atoms with van der Waals surface area (Å²) >= 11 is 1.58. The number of hydrogen-bond donors (Lipinski definition) is 1. The highest BCUT2D eigenvalue weighted by Gasteiger charge is 2.09. The van der Waals surface area contributed by atoms with Gasteiger partial charge in [-0.25, -0.2) is 0 Å². The summed E-state index contributed by atoms with van der Waals surface area (Å²) in [4.78, 5) is 12.8. The molecule has 0 aliphatic carbocycles. The van der Waals surface area contributed by atoms with Crippen molar-refractivity contribution in [2.45, 2.75) is 13.5 Å². The van der Waals surface area contributed by atoms with Gasteiger partial charge >= 0.3 is 0 Å². The van der Waals surface area contributed by atoms with Crippen LogP contribution in [0.1, 0.15) is 11.3 Å². The number of rotatable bonds is 6. The van der Waals surface area contributed by atoms with Crippen molar-refractivity contribution in [1.82, 2.24) is 10.5 Å². The Labute approximate surface area is 137 Å². The van der Waals surface area contributed by atoms with Gasteiger partial charge in [-0.05, 0) is 30.5 Å². The third kappa shape index (κ3) is 4.20. The van der Waals surface area contributed by atoms with E-state index < -0.39 is 0 Å². The summed E-state index contributed by atoms with van der Waals surface area (Å²) in [5.74, 6) is 1.18. The van der Waals surface area contributed by atoms with Crippen molar-refractivity contribution in [3.63, 3.8) is 0 Å². The lowest BCUT2D eigenvalue weighted by Gasteiger charge is -2.06. The van der Waals surface area contributed by atoms with Crippen molar-refractivity contribution in [1.29, 1.82) is 0 Å². The Morgan fingerprint density at radius 3 is 2.87 bits per heavy atom. The van der Waals surface area contributed by atoms with Gasteiger partial charge < -0.3 is 14.6 Å². The second-order valence-corrected chi connectivity index (χ2v) is 5.99. The summed E-state index contributed by atoms with van der Waals surface area (Å²) < 4.78 is 10.7. The molecule has 1 aromatic carbocycles. The van der Waals surface area contributed by atoms with Crippen LogP contribution >= 0.6 is 11.3 Å². The van der Waals surface area contributed by atoms with Crippen molar-refractivity contribution in [3.05, 3.63) is 59.1 Å². The van der Waals surface area contributed by atoms with Crippen LogP contribution in [0.25, 0.3) is 10.6 Å². The number of aromatic nitrogens is 1. The number of benzene rings is 1. The molecule has 1 N–H and O–H groups in total. The molecule has 6 heteroatoms. The van der Waals surface area contributed by atoms with Crippen molar-refractivity contribution in [2.75, 3.05) is 6.61 Å². The molecule has 118 valence electrons. The zero-order valence-corrected chi connectivity index (χ0v) is 13.4.